The molecule has 0 aromatic heterocycles. The van der Waals surface area contributed by atoms with Crippen molar-refractivity contribution in [2.45, 2.75) is 23.5 Å². The van der Waals surface area contributed by atoms with Crippen LogP contribution in [0, 0.1) is 13.8 Å². The van der Waals surface area contributed by atoms with Crippen LogP contribution in [0.4, 0.5) is 0 Å². The van der Waals surface area contributed by atoms with E-state index in [4.69, 9.17) is 10.5 Å². The van der Waals surface area contributed by atoms with Crippen LogP contribution in [0.5, 0.6) is 0 Å². The van der Waals surface area contributed by atoms with Crippen molar-refractivity contribution < 1.29 is 13.2 Å². The maximum absolute atomic E-state index is 12.5. The molecule has 2 N–H and O–H groups in total. The molecule has 1 aromatic carbocycles. The van der Waals surface area contributed by atoms with E-state index in [2.05, 4.69) is 0 Å². The van der Waals surface area contributed by atoms with Crippen LogP contribution in [0.2, 0.25) is 0 Å². The molecule has 1 aliphatic rings. The molecule has 94 valence electrons. The van der Waals surface area contributed by atoms with Crippen molar-refractivity contribution in [2.24, 2.45) is 5.73 Å². The monoisotopic (exact) mass is 255 g/mol. The smallest absolute Gasteiger partial charge is 0.190 e. The lowest BCUT2D eigenvalue weighted by atomic mass is 10.1. The van der Waals surface area contributed by atoms with Crippen molar-refractivity contribution in [3.63, 3.8) is 0 Å². The second kappa shape index (κ2) is 4.08. The van der Waals surface area contributed by atoms with Crippen molar-refractivity contribution in [1.29, 1.82) is 0 Å². The summed E-state index contributed by atoms with van der Waals surface area (Å²) < 4.78 is 29.2. The van der Waals surface area contributed by atoms with Gasteiger partial charge in [-0.3, -0.25) is 0 Å². The lowest BCUT2D eigenvalue weighted by Gasteiger charge is -2.39. The number of ether oxygens (including phenoxy) is 1. The Labute approximate surface area is 102 Å². The molecule has 1 aromatic rings. The van der Waals surface area contributed by atoms with E-state index in [1.807, 2.05) is 26.0 Å². The fourth-order valence-electron chi connectivity index (χ4n) is 2.05. The zero-order valence-corrected chi connectivity index (χ0v) is 10.9. The molecule has 1 aliphatic heterocycles. The van der Waals surface area contributed by atoms with Gasteiger partial charge in [0.05, 0.1) is 18.1 Å². The quantitative estimate of drug-likeness (QED) is 0.867. The summed E-state index contributed by atoms with van der Waals surface area (Å²) in [4.78, 5) is 0.372. The van der Waals surface area contributed by atoms with Crippen LogP contribution in [0.3, 0.4) is 0 Å². The molecule has 0 radical (unpaired) electrons. The molecular formula is C12H17NO3S. The number of sulfone groups is 1. The summed E-state index contributed by atoms with van der Waals surface area (Å²) in [6, 6.07) is 5.34. The van der Waals surface area contributed by atoms with Gasteiger partial charge in [0.25, 0.3) is 0 Å². The molecule has 1 fully saturated rings. The van der Waals surface area contributed by atoms with E-state index in [1.165, 1.54) is 0 Å². The van der Waals surface area contributed by atoms with Gasteiger partial charge in [-0.05, 0) is 25.5 Å². The van der Waals surface area contributed by atoms with Crippen LogP contribution in [-0.2, 0) is 14.6 Å². The van der Waals surface area contributed by atoms with Crippen LogP contribution in [-0.4, -0.2) is 32.9 Å². The number of aryl methyl sites for hydroxylation is 2. The van der Waals surface area contributed by atoms with Crippen molar-refractivity contribution in [3.8, 4) is 0 Å². The highest BCUT2D eigenvalue weighted by Crippen LogP contribution is 2.33. The molecule has 1 saturated heterocycles. The van der Waals surface area contributed by atoms with E-state index in [1.54, 1.807) is 6.07 Å². The number of benzene rings is 1. The van der Waals surface area contributed by atoms with Gasteiger partial charge in [0.2, 0.25) is 0 Å². The van der Waals surface area contributed by atoms with Crippen molar-refractivity contribution in [1.82, 2.24) is 0 Å². The first-order valence-corrected chi connectivity index (χ1v) is 7.01. The van der Waals surface area contributed by atoms with E-state index in [9.17, 15) is 8.42 Å². The van der Waals surface area contributed by atoms with E-state index < -0.39 is 14.6 Å². The maximum Gasteiger partial charge on any atom is 0.190 e. The third kappa shape index (κ3) is 1.78. The van der Waals surface area contributed by atoms with Gasteiger partial charge >= 0.3 is 0 Å². The first kappa shape index (κ1) is 12.5. The first-order valence-electron chi connectivity index (χ1n) is 5.53. The molecule has 0 aliphatic carbocycles. The van der Waals surface area contributed by atoms with Gasteiger partial charge in [0.1, 0.15) is 4.75 Å². The summed E-state index contributed by atoms with van der Waals surface area (Å²) in [7, 11) is -3.41. The third-order valence-corrected chi connectivity index (χ3v) is 5.87. The Bertz CT molecular complexity index is 527. The molecule has 0 spiro atoms. The first-order chi connectivity index (χ1) is 7.93. The summed E-state index contributed by atoms with van der Waals surface area (Å²) in [6.45, 7) is 4.24. The van der Waals surface area contributed by atoms with Crippen LogP contribution in [0.1, 0.15) is 11.1 Å². The molecule has 0 bridgehead atoms. The molecule has 0 amide bonds. The number of rotatable bonds is 3. The van der Waals surface area contributed by atoms with Gasteiger partial charge in [-0.15, -0.1) is 0 Å². The highest BCUT2D eigenvalue weighted by atomic mass is 32.2. The minimum atomic E-state index is -3.41. The average Bonchev–Trinajstić information content (AvgIpc) is 2.15. The summed E-state index contributed by atoms with van der Waals surface area (Å²) in [5.74, 6) is 0. The zero-order valence-electron chi connectivity index (χ0n) is 10.1. The molecule has 0 unspecified atom stereocenters. The second-order valence-electron chi connectivity index (χ2n) is 4.65. The van der Waals surface area contributed by atoms with Crippen molar-refractivity contribution >= 4 is 9.84 Å². The van der Waals surface area contributed by atoms with Crippen molar-refractivity contribution in [2.75, 3.05) is 19.8 Å². The second-order valence-corrected chi connectivity index (χ2v) is 6.97. The molecule has 5 heteroatoms. The molecule has 2 rings (SSSR count). The normalized spacial score (nSPS) is 18.8. The summed E-state index contributed by atoms with van der Waals surface area (Å²) in [5, 5.41) is 0. The Balaban J connectivity index is 2.52. The highest BCUT2D eigenvalue weighted by Gasteiger charge is 2.50. The minimum absolute atomic E-state index is 0.0999. The van der Waals surface area contributed by atoms with Crippen LogP contribution >= 0.6 is 0 Å². The Morgan fingerprint density at radius 2 is 2.00 bits per heavy atom. The van der Waals surface area contributed by atoms with E-state index >= 15 is 0 Å². The fraction of sp³-hybridized carbons (Fsp3) is 0.500. The lowest BCUT2D eigenvalue weighted by Crippen LogP contribution is -2.60. The summed E-state index contributed by atoms with van der Waals surface area (Å²) in [5.41, 5.74) is 7.43. The molecular weight excluding hydrogens is 238 g/mol. The SMILES string of the molecule is Cc1ccc(S(=O)(=O)C2(CN)COC2)c(C)c1. The van der Waals surface area contributed by atoms with E-state index in [0.29, 0.717) is 4.90 Å². The van der Waals surface area contributed by atoms with Crippen LogP contribution in [0.25, 0.3) is 0 Å². The maximum atomic E-state index is 12.5. The topological polar surface area (TPSA) is 69.4 Å². The van der Waals surface area contributed by atoms with Gasteiger partial charge in [0.15, 0.2) is 9.84 Å². The van der Waals surface area contributed by atoms with E-state index in [0.717, 1.165) is 11.1 Å². The molecule has 1 heterocycles. The summed E-state index contributed by atoms with van der Waals surface area (Å²) in [6.07, 6.45) is 0. The van der Waals surface area contributed by atoms with Gasteiger partial charge in [-0.2, -0.15) is 0 Å². The van der Waals surface area contributed by atoms with Gasteiger partial charge in [-0.1, -0.05) is 17.7 Å². The predicted octanol–water partition coefficient (Wildman–Crippen LogP) is 0.805. The molecule has 4 nitrogen and oxygen atoms in total. The largest absolute Gasteiger partial charge is 0.378 e. The zero-order chi connectivity index (χ0) is 12.7. The molecule has 0 saturated carbocycles. The van der Waals surface area contributed by atoms with Gasteiger partial charge < -0.3 is 10.5 Å². The number of hydrogen-bond acceptors (Lipinski definition) is 4. The van der Waals surface area contributed by atoms with E-state index in [-0.39, 0.29) is 19.8 Å². The Morgan fingerprint density at radius 1 is 1.35 bits per heavy atom. The van der Waals surface area contributed by atoms with Crippen LogP contribution in [0.15, 0.2) is 23.1 Å². The number of hydrogen-bond donors (Lipinski definition) is 1. The highest BCUT2D eigenvalue weighted by molar-refractivity contribution is 7.93. The standard InChI is InChI=1S/C12H17NO3S/c1-9-3-4-11(10(2)5-9)17(14,15)12(6-13)7-16-8-12/h3-5H,6-8,13H2,1-2H3. The Morgan fingerprint density at radius 3 is 2.41 bits per heavy atom. The molecule has 17 heavy (non-hydrogen) atoms. The minimum Gasteiger partial charge on any atom is -0.378 e. The van der Waals surface area contributed by atoms with Crippen molar-refractivity contribution in [3.05, 3.63) is 29.3 Å². The molecule has 0 atom stereocenters. The Kier molecular flexibility index (Phi) is 3.01. The average molecular weight is 255 g/mol. The fourth-order valence-corrected chi connectivity index (χ4v) is 3.94. The predicted molar refractivity (Wildman–Crippen MR) is 65.7 cm³/mol. The number of nitrogens with two attached hydrogens (primary N) is 1. The third-order valence-electron chi connectivity index (χ3n) is 3.29. The van der Waals surface area contributed by atoms with Gasteiger partial charge in [-0.25, -0.2) is 8.42 Å². The van der Waals surface area contributed by atoms with Crippen LogP contribution < -0.4 is 5.73 Å². The van der Waals surface area contributed by atoms with Gasteiger partial charge in [0, 0.05) is 6.54 Å². The summed E-state index contributed by atoms with van der Waals surface area (Å²) >= 11 is 0. The Hall–Kier alpha value is -0.910. The lowest BCUT2D eigenvalue weighted by molar-refractivity contribution is -0.00925.